The Balaban J connectivity index is 2.56. The molecule has 0 aromatic rings. The molecule has 116 valence electrons. The molecule has 2 unspecified atom stereocenters. The minimum Gasteiger partial charge on any atom is -0.480 e. The predicted molar refractivity (Wildman–Crippen MR) is 75.2 cm³/mol. The van der Waals surface area contributed by atoms with Crippen LogP contribution in [0.1, 0.15) is 25.7 Å². The van der Waals surface area contributed by atoms with Crippen molar-refractivity contribution in [2.45, 2.75) is 37.0 Å². The lowest BCUT2D eigenvalue weighted by atomic mass is 10.1. The number of carboxylic acid groups (broad SMARTS) is 1. The van der Waals surface area contributed by atoms with E-state index in [1.54, 1.807) is 0 Å². The molecule has 3 N–H and O–H groups in total. The van der Waals surface area contributed by atoms with Crippen molar-refractivity contribution in [2.24, 2.45) is 5.92 Å². The van der Waals surface area contributed by atoms with Crippen molar-refractivity contribution in [1.29, 1.82) is 0 Å². The number of nitrogens with one attached hydrogen (secondary N) is 1. The van der Waals surface area contributed by atoms with Crippen molar-refractivity contribution < 1.29 is 27.7 Å². The summed E-state index contributed by atoms with van der Waals surface area (Å²) < 4.78 is 30.9. The van der Waals surface area contributed by atoms with E-state index in [4.69, 9.17) is 9.66 Å². The number of hydrogen-bond acceptors (Lipinski definition) is 5. The zero-order valence-corrected chi connectivity index (χ0v) is 12.7. The lowest BCUT2D eigenvalue weighted by Gasteiger charge is -2.17. The number of carbonyl (C=O) groups is 2. The Hall–Kier alpha value is -0.800. The molecule has 1 amide bonds. The number of hydrogen-bond donors (Lipinski definition) is 3. The molecule has 1 aliphatic rings. The summed E-state index contributed by atoms with van der Waals surface area (Å²) in [7, 11) is -4.13. The van der Waals surface area contributed by atoms with Gasteiger partial charge < -0.3 is 10.4 Å². The molecule has 7 nitrogen and oxygen atoms in total. The highest BCUT2D eigenvalue weighted by molar-refractivity contribution is 7.98. The molecule has 0 heterocycles. The molecular weight excluding hydrogens is 306 g/mol. The number of carbonyl (C=O) groups excluding carboxylic acids is 1. The van der Waals surface area contributed by atoms with Gasteiger partial charge in [-0.3, -0.25) is 9.35 Å². The van der Waals surface area contributed by atoms with E-state index in [2.05, 4.69) is 5.32 Å². The van der Waals surface area contributed by atoms with Crippen molar-refractivity contribution in [1.82, 2.24) is 5.32 Å². The molecule has 0 saturated heterocycles. The average molecular weight is 325 g/mol. The number of rotatable bonds is 7. The van der Waals surface area contributed by atoms with Gasteiger partial charge in [-0.05, 0) is 37.7 Å². The highest BCUT2D eigenvalue weighted by atomic mass is 32.2. The summed E-state index contributed by atoms with van der Waals surface area (Å²) in [5.41, 5.74) is 0. The van der Waals surface area contributed by atoms with Gasteiger partial charge in [0.2, 0.25) is 5.91 Å². The maximum absolute atomic E-state index is 11.9. The predicted octanol–water partition coefficient (Wildman–Crippen LogP) is 0.365. The first kappa shape index (κ1) is 17.3. The smallest absolute Gasteiger partial charge is 0.326 e. The van der Waals surface area contributed by atoms with E-state index in [1.807, 2.05) is 6.26 Å². The van der Waals surface area contributed by atoms with Crippen LogP contribution < -0.4 is 5.32 Å². The van der Waals surface area contributed by atoms with Gasteiger partial charge in [0.15, 0.2) is 0 Å². The van der Waals surface area contributed by atoms with Crippen LogP contribution in [0.25, 0.3) is 0 Å². The van der Waals surface area contributed by atoms with Gasteiger partial charge in [-0.2, -0.15) is 20.2 Å². The minimum absolute atomic E-state index is 0.0412. The molecule has 0 spiro atoms. The topological polar surface area (TPSA) is 121 Å². The largest absolute Gasteiger partial charge is 0.480 e. The zero-order valence-electron chi connectivity index (χ0n) is 11.1. The van der Waals surface area contributed by atoms with Crippen LogP contribution in [0.2, 0.25) is 0 Å². The molecule has 1 rings (SSSR count). The molecule has 0 radical (unpaired) electrons. The molecule has 3 atom stereocenters. The van der Waals surface area contributed by atoms with Gasteiger partial charge >= 0.3 is 5.97 Å². The van der Waals surface area contributed by atoms with Crippen LogP contribution in [0.5, 0.6) is 0 Å². The van der Waals surface area contributed by atoms with Gasteiger partial charge in [0.05, 0.1) is 5.25 Å². The normalized spacial score (nSPS) is 24.3. The van der Waals surface area contributed by atoms with Gasteiger partial charge in [0, 0.05) is 5.92 Å². The van der Waals surface area contributed by atoms with Crippen molar-refractivity contribution in [2.75, 3.05) is 12.0 Å². The Kier molecular flexibility index (Phi) is 6.28. The van der Waals surface area contributed by atoms with E-state index in [9.17, 15) is 18.0 Å². The van der Waals surface area contributed by atoms with Gasteiger partial charge in [0.25, 0.3) is 10.1 Å². The summed E-state index contributed by atoms with van der Waals surface area (Å²) in [5, 5.41) is 10.5. The monoisotopic (exact) mass is 325 g/mol. The average Bonchev–Trinajstić information content (AvgIpc) is 2.83. The Labute approximate surface area is 122 Å². The van der Waals surface area contributed by atoms with Crippen LogP contribution in [-0.4, -0.2) is 53.3 Å². The summed E-state index contributed by atoms with van der Waals surface area (Å²) >= 11 is 1.48. The molecule has 1 aliphatic carbocycles. The number of aliphatic carboxylic acids is 1. The van der Waals surface area contributed by atoms with E-state index < -0.39 is 39.2 Å². The van der Waals surface area contributed by atoms with E-state index in [0.717, 1.165) is 0 Å². The lowest BCUT2D eigenvalue weighted by molar-refractivity contribution is -0.142. The summed E-state index contributed by atoms with van der Waals surface area (Å²) in [4.78, 5) is 23.0. The molecular formula is C11H19NO6S2. The number of carboxylic acids is 1. The quantitative estimate of drug-likeness (QED) is 0.578. The third-order valence-electron chi connectivity index (χ3n) is 3.40. The second kappa shape index (κ2) is 7.28. The van der Waals surface area contributed by atoms with E-state index in [-0.39, 0.29) is 12.8 Å². The fourth-order valence-corrected chi connectivity index (χ4v) is 3.61. The zero-order chi connectivity index (χ0) is 15.3. The molecule has 1 fully saturated rings. The highest BCUT2D eigenvalue weighted by Gasteiger charge is 2.37. The number of amides is 1. The molecule has 0 bridgehead atoms. The van der Waals surface area contributed by atoms with Gasteiger partial charge in [0.1, 0.15) is 6.04 Å². The Morgan fingerprint density at radius 3 is 2.50 bits per heavy atom. The summed E-state index contributed by atoms with van der Waals surface area (Å²) in [6.07, 6.45) is 2.76. The second-order valence-electron chi connectivity index (χ2n) is 4.83. The van der Waals surface area contributed by atoms with Crippen molar-refractivity contribution in [3.63, 3.8) is 0 Å². The summed E-state index contributed by atoms with van der Waals surface area (Å²) in [5.74, 6) is -1.50. The minimum atomic E-state index is -4.13. The number of thioether (sulfide) groups is 1. The van der Waals surface area contributed by atoms with Crippen molar-refractivity contribution in [3.05, 3.63) is 0 Å². The van der Waals surface area contributed by atoms with E-state index in [0.29, 0.717) is 18.6 Å². The van der Waals surface area contributed by atoms with Crippen LogP contribution in [0.4, 0.5) is 0 Å². The standard InChI is InChI=1S/C11H19NO6S2/c1-19-5-4-9(11(14)15)12-10(13)7-2-3-8(6-7)20(16,17)18/h7-9H,2-6H2,1H3,(H,12,13)(H,14,15)(H,16,17,18)/t7?,8?,9-/m0/s1. The SMILES string of the molecule is CSCC[C@H](NC(=O)C1CCC(S(=O)(=O)O)C1)C(=O)O. The lowest BCUT2D eigenvalue weighted by Crippen LogP contribution is -2.43. The molecule has 0 aromatic heterocycles. The summed E-state index contributed by atoms with van der Waals surface area (Å²) in [6.45, 7) is 0. The van der Waals surface area contributed by atoms with Gasteiger partial charge in [-0.15, -0.1) is 0 Å². The van der Waals surface area contributed by atoms with Gasteiger partial charge in [-0.25, -0.2) is 4.79 Å². The maximum Gasteiger partial charge on any atom is 0.326 e. The molecule has 20 heavy (non-hydrogen) atoms. The third kappa shape index (κ3) is 4.95. The van der Waals surface area contributed by atoms with E-state index >= 15 is 0 Å². The first-order valence-corrected chi connectivity index (χ1v) is 9.13. The Morgan fingerprint density at radius 1 is 1.40 bits per heavy atom. The van der Waals surface area contributed by atoms with E-state index in [1.165, 1.54) is 11.8 Å². The third-order valence-corrected chi connectivity index (χ3v) is 5.32. The first-order valence-electron chi connectivity index (χ1n) is 6.24. The molecule has 0 aromatic carbocycles. The maximum atomic E-state index is 11.9. The fraction of sp³-hybridized carbons (Fsp3) is 0.818. The second-order valence-corrected chi connectivity index (χ2v) is 7.51. The van der Waals surface area contributed by atoms with Crippen molar-refractivity contribution >= 4 is 33.8 Å². The van der Waals surface area contributed by atoms with Gasteiger partial charge in [-0.1, -0.05) is 0 Å². The Bertz CT molecular complexity index is 464. The van der Waals surface area contributed by atoms with Crippen LogP contribution in [-0.2, 0) is 19.7 Å². The van der Waals surface area contributed by atoms with Crippen LogP contribution in [0.15, 0.2) is 0 Å². The Morgan fingerprint density at radius 2 is 2.05 bits per heavy atom. The first-order chi connectivity index (χ1) is 9.25. The molecule has 0 aliphatic heterocycles. The molecule has 9 heteroatoms. The van der Waals surface area contributed by atoms with Crippen LogP contribution >= 0.6 is 11.8 Å². The highest BCUT2D eigenvalue weighted by Crippen LogP contribution is 2.30. The van der Waals surface area contributed by atoms with Crippen LogP contribution in [0.3, 0.4) is 0 Å². The van der Waals surface area contributed by atoms with Crippen molar-refractivity contribution in [3.8, 4) is 0 Å². The fourth-order valence-electron chi connectivity index (χ4n) is 2.23. The van der Waals surface area contributed by atoms with Crippen LogP contribution in [0, 0.1) is 5.92 Å². The molecule has 1 saturated carbocycles. The summed E-state index contributed by atoms with van der Waals surface area (Å²) in [6, 6.07) is -0.959.